The Morgan fingerprint density at radius 1 is 1.00 bits per heavy atom. The maximum absolute atomic E-state index is 4.11. The van der Waals surface area contributed by atoms with Gasteiger partial charge in [-0.1, -0.05) is 34.1 Å². The molecule has 0 amide bonds. The van der Waals surface area contributed by atoms with Crippen molar-refractivity contribution in [2.45, 2.75) is 6.54 Å². The summed E-state index contributed by atoms with van der Waals surface area (Å²) in [7, 11) is 0. The van der Waals surface area contributed by atoms with Crippen LogP contribution in [0.1, 0.15) is 5.56 Å². The van der Waals surface area contributed by atoms with Gasteiger partial charge in [-0.25, -0.2) is 0 Å². The second-order valence-corrected chi connectivity index (χ2v) is 5.34. The third kappa shape index (κ3) is 2.93. The fraction of sp³-hybridized carbons (Fsp3) is 0.0625. The van der Waals surface area contributed by atoms with Gasteiger partial charge in [-0.05, 0) is 46.7 Å². The number of nitrogens with zero attached hydrogens (tertiary/aromatic N) is 1. The van der Waals surface area contributed by atoms with Gasteiger partial charge in [0, 0.05) is 29.1 Å². The van der Waals surface area contributed by atoms with Gasteiger partial charge < -0.3 is 5.32 Å². The Kier molecular flexibility index (Phi) is 3.47. The number of benzene rings is 2. The first-order valence-corrected chi connectivity index (χ1v) is 6.93. The van der Waals surface area contributed by atoms with Gasteiger partial charge >= 0.3 is 0 Å². The van der Waals surface area contributed by atoms with E-state index in [0.717, 1.165) is 16.7 Å². The van der Waals surface area contributed by atoms with Crippen LogP contribution in [0.25, 0.3) is 10.8 Å². The van der Waals surface area contributed by atoms with Crippen LogP contribution in [0.4, 0.5) is 5.69 Å². The monoisotopic (exact) mass is 312 g/mol. The number of aromatic nitrogens is 1. The van der Waals surface area contributed by atoms with Gasteiger partial charge in [0.2, 0.25) is 0 Å². The van der Waals surface area contributed by atoms with Crippen molar-refractivity contribution in [3.63, 3.8) is 0 Å². The van der Waals surface area contributed by atoms with E-state index in [-0.39, 0.29) is 0 Å². The number of anilines is 1. The van der Waals surface area contributed by atoms with E-state index in [0.29, 0.717) is 0 Å². The van der Waals surface area contributed by atoms with Crippen molar-refractivity contribution in [2.24, 2.45) is 0 Å². The zero-order valence-electron chi connectivity index (χ0n) is 10.3. The molecule has 2 aromatic carbocycles. The topological polar surface area (TPSA) is 24.9 Å². The maximum atomic E-state index is 4.11. The minimum Gasteiger partial charge on any atom is -0.381 e. The van der Waals surface area contributed by atoms with Gasteiger partial charge in [0.1, 0.15) is 0 Å². The van der Waals surface area contributed by atoms with Crippen molar-refractivity contribution < 1.29 is 0 Å². The number of rotatable bonds is 3. The second-order valence-electron chi connectivity index (χ2n) is 4.42. The van der Waals surface area contributed by atoms with Crippen molar-refractivity contribution >= 4 is 32.4 Å². The molecule has 1 aromatic heterocycles. The molecule has 0 aliphatic heterocycles. The first kappa shape index (κ1) is 12.2. The number of hydrogen-bond donors (Lipinski definition) is 1. The number of fused-ring (bicyclic) bond motifs is 1. The van der Waals surface area contributed by atoms with Crippen LogP contribution in [-0.4, -0.2) is 4.98 Å². The first-order chi connectivity index (χ1) is 9.31. The Hall–Kier alpha value is -1.87. The molecule has 0 aliphatic carbocycles. The molecule has 3 rings (SSSR count). The zero-order valence-corrected chi connectivity index (χ0v) is 11.9. The molecule has 0 spiro atoms. The normalized spacial score (nSPS) is 10.6. The highest BCUT2D eigenvalue weighted by Crippen LogP contribution is 2.23. The van der Waals surface area contributed by atoms with Gasteiger partial charge in [-0.3, -0.25) is 4.98 Å². The highest BCUT2D eigenvalue weighted by atomic mass is 79.9. The van der Waals surface area contributed by atoms with Crippen LogP contribution in [0.2, 0.25) is 0 Å². The summed E-state index contributed by atoms with van der Waals surface area (Å²) in [5.74, 6) is 0. The molecule has 1 N–H and O–H groups in total. The highest BCUT2D eigenvalue weighted by Gasteiger charge is 1.98. The molecule has 0 radical (unpaired) electrons. The lowest BCUT2D eigenvalue weighted by molar-refractivity contribution is 1.11. The van der Waals surface area contributed by atoms with E-state index in [4.69, 9.17) is 0 Å². The molecule has 0 bridgehead atoms. The van der Waals surface area contributed by atoms with Crippen molar-refractivity contribution in [3.05, 3.63) is 71.0 Å². The van der Waals surface area contributed by atoms with Crippen LogP contribution in [0.15, 0.2) is 65.4 Å². The van der Waals surface area contributed by atoms with Gasteiger partial charge in [0.25, 0.3) is 0 Å². The molecule has 0 saturated carbocycles. The fourth-order valence-corrected chi connectivity index (χ4v) is 2.41. The largest absolute Gasteiger partial charge is 0.381 e. The van der Waals surface area contributed by atoms with Crippen LogP contribution in [0, 0.1) is 0 Å². The smallest absolute Gasteiger partial charge is 0.0416 e. The maximum Gasteiger partial charge on any atom is 0.0416 e. The van der Waals surface area contributed by atoms with Crippen molar-refractivity contribution in [2.75, 3.05) is 5.32 Å². The van der Waals surface area contributed by atoms with Crippen LogP contribution < -0.4 is 5.32 Å². The molecular formula is C16H13BrN2. The Labute approximate surface area is 120 Å². The lowest BCUT2D eigenvalue weighted by Crippen LogP contribution is -1.99. The van der Waals surface area contributed by atoms with Gasteiger partial charge in [0.15, 0.2) is 0 Å². The van der Waals surface area contributed by atoms with E-state index in [1.165, 1.54) is 16.3 Å². The van der Waals surface area contributed by atoms with Crippen molar-refractivity contribution in [3.8, 4) is 0 Å². The summed E-state index contributed by atoms with van der Waals surface area (Å²) in [5, 5.41) is 5.89. The quantitative estimate of drug-likeness (QED) is 0.764. The van der Waals surface area contributed by atoms with E-state index in [1.807, 2.05) is 12.3 Å². The summed E-state index contributed by atoms with van der Waals surface area (Å²) < 4.78 is 1.11. The lowest BCUT2D eigenvalue weighted by atomic mass is 10.1. The predicted molar refractivity (Wildman–Crippen MR) is 83.2 cm³/mol. The van der Waals surface area contributed by atoms with Crippen LogP contribution >= 0.6 is 15.9 Å². The van der Waals surface area contributed by atoms with E-state index >= 15 is 0 Å². The summed E-state index contributed by atoms with van der Waals surface area (Å²) in [6.07, 6.45) is 3.67. The average molecular weight is 313 g/mol. The molecule has 3 heteroatoms. The van der Waals surface area contributed by atoms with Gasteiger partial charge in [-0.15, -0.1) is 0 Å². The van der Waals surface area contributed by atoms with E-state index in [9.17, 15) is 0 Å². The summed E-state index contributed by atoms with van der Waals surface area (Å²) in [6.45, 7) is 0.788. The standard InChI is InChI=1S/C16H13BrN2/c17-15-5-3-14-9-16(6-4-13(14)8-15)19-11-12-2-1-7-18-10-12/h1-10,19H,11H2. The van der Waals surface area contributed by atoms with Gasteiger partial charge in [0.05, 0.1) is 0 Å². The Morgan fingerprint density at radius 2 is 1.84 bits per heavy atom. The van der Waals surface area contributed by atoms with Gasteiger partial charge in [-0.2, -0.15) is 0 Å². The Bertz CT molecular complexity index is 695. The molecule has 19 heavy (non-hydrogen) atoms. The molecule has 3 aromatic rings. The molecule has 1 heterocycles. The Balaban J connectivity index is 1.80. The minimum atomic E-state index is 0.788. The molecule has 0 unspecified atom stereocenters. The van der Waals surface area contributed by atoms with Crippen LogP contribution in [0.5, 0.6) is 0 Å². The minimum absolute atomic E-state index is 0.788. The van der Waals surface area contributed by atoms with E-state index < -0.39 is 0 Å². The summed E-state index contributed by atoms with van der Waals surface area (Å²) in [4.78, 5) is 4.11. The molecule has 2 nitrogen and oxygen atoms in total. The number of hydrogen-bond acceptors (Lipinski definition) is 2. The molecule has 0 saturated heterocycles. The van der Waals surface area contributed by atoms with Crippen LogP contribution in [-0.2, 0) is 6.54 Å². The highest BCUT2D eigenvalue weighted by molar-refractivity contribution is 9.10. The van der Waals surface area contributed by atoms with Crippen LogP contribution in [0.3, 0.4) is 0 Å². The third-order valence-corrected chi connectivity index (χ3v) is 3.51. The van der Waals surface area contributed by atoms with Crippen molar-refractivity contribution in [1.29, 1.82) is 0 Å². The molecule has 0 fully saturated rings. The van der Waals surface area contributed by atoms with Crippen molar-refractivity contribution in [1.82, 2.24) is 4.98 Å². The van der Waals surface area contributed by atoms with E-state index in [2.05, 4.69) is 68.7 Å². The molecule has 0 aliphatic rings. The molecule has 94 valence electrons. The first-order valence-electron chi connectivity index (χ1n) is 6.13. The zero-order chi connectivity index (χ0) is 13.1. The SMILES string of the molecule is Brc1ccc2cc(NCc3cccnc3)ccc2c1. The number of pyridine rings is 1. The number of halogens is 1. The van der Waals surface area contributed by atoms with E-state index in [1.54, 1.807) is 6.20 Å². The molecule has 0 atom stereocenters. The average Bonchev–Trinajstić information content (AvgIpc) is 2.46. The fourth-order valence-electron chi connectivity index (χ4n) is 2.03. The number of nitrogens with one attached hydrogen (secondary N) is 1. The summed E-state index contributed by atoms with van der Waals surface area (Å²) in [6, 6.07) is 16.7. The summed E-state index contributed by atoms with van der Waals surface area (Å²) >= 11 is 3.49. The summed E-state index contributed by atoms with van der Waals surface area (Å²) in [5.41, 5.74) is 2.30. The second kappa shape index (κ2) is 5.41. The Morgan fingerprint density at radius 3 is 2.68 bits per heavy atom. The lowest BCUT2D eigenvalue weighted by Gasteiger charge is -2.07. The predicted octanol–water partition coefficient (Wildman–Crippen LogP) is 4.61. The molecular weight excluding hydrogens is 300 g/mol. The third-order valence-electron chi connectivity index (χ3n) is 3.02.